The SMILES string of the molecule is [2H]c1c([2H])c([2H])c(-c2ccc3c(c2)N(c2c(-c4ccccc4)cc(C(C)(C)C)cc2-c2ccccc2)c2cc(-n4c5ccc(C(C)(C)C)cc5c5cc(C(C)(C)C)ccc54)cc4c2B3c2cc(-c3cc(C(C)(C)C)cc(C(C)(C)C)c3)ccc2C42c3ccccc3Sc3ccccc32)c([2H])c1[2H]. The van der Waals surface area contributed by atoms with Gasteiger partial charge in [0.15, 0.2) is 0 Å². The van der Waals surface area contributed by atoms with E-state index in [4.69, 9.17) is 1.37 Å². The smallest absolute Gasteiger partial charge is 0.247 e. The number of fused-ring (bicyclic) bond motifs is 13. The fourth-order valence-electron chi connectivity index (χ4n) is 15.9. The van der Waals surface area contributed by atoms with Crippen LogP contribution in [0.25, 0.3) is 72.0 Å². The van der Waals surface area contributed by atoms with E-state index in [-0.39, 0.29) is 56.8 Å². The van der Waals surface area contributed by atoms with Crippen LogP contribution in [-0.2, 0) is 32.5 Å². The zero-order chi connectivity index (χ0) is 71.8. The van der Waals surface area contributed by atoms with E-state index < -0.39 is 18.2 Å². The molecule has 0 amide bonds. The highest BCUT2D eigenvalue weighted by Gasteiger charge is 2.55. The van der Waals surface area contributed by atoms with Gasteiger partial charge in [-0.25, -0.2) is 0 Å². The molecule has 1 aromatic heterocycles. The number of hydrogen-bond acceptors (Lipinski definition) is 2. The van der Waals surface area contributed by atoms with E-state index in [0.29, 0.717) is 5.56 Å². The van der Waals surface area contributed by atoms with Gasteiger partial charge in [-0.15, -0.1) is 0 Å². The molecule has 4 heteroatoms. The number of aromatic nitrogens is 1. The predicted molar refractivity (Wildman–Crippen MR) is 418 cm³/mol. The summed E-state index contributed by atoms with van der Waals surface area (Å²) in [6.07, 6.45) is 0. The van der Waals surface area contributed by atoms with Gasteiger partial charge < -0.3 is 9.47 Å². The Kier molecular flexibility index (Phi) is 13.1. The molecule has 478 valence electrons. The van der Waals surface area contributed by atoms with Crippen molar-refractivity contribution in [2.45, 2.75) is 146 Å². The summed E-state index contributed by atoms with van der Waals surface area (Å²) in [5, 5.41) is 2.38. The Morgan fingerprint density at radius 1 is 0.351 bits per heavy atom. The van der Waals surface area contributed by atoms with Crippen LogP contribution < -0.4 is 21.3 Å². The molecule has 0 bridgehead atoms. The number of hydrogen-bond donors (Lipinski definition) is 0. The summed E-state index contributed by atoms with van der Waals surface area (Å²) in [5.41, 5.74) is 25.8. The minimum absolute atomic E-state index is 0.129. The Bertz CT molecular complexity index is 5420. The van der Waals surface area contributed by atoms with E-state index in [1.54, 1.807) is 0 Å². The van der Waals surface area contributed by atoms with Crippen molar-refractivity contribution < 1.29 is 6.85 Å². The quantitative estimate of drug-likeness (QED) is 0.153. The van der Waals surface area contributed by atoms with E-state index in [2.05, 4.69) is 332 Å². The van der Waals surface area contributed by atoms with Crippen molar-refractivity contribution in [2.24, 2.45) is 0 Å². The molecule has 3 aliphatic rings. The fourth-order valence-corrected chi connectivity index (χ4v) is 17.0. The molecule has 0 unspecified atom stereocenters. The molecule has 12 aromatic carbocycles. The predicted octanol–water partition coefficient (Wildman–Crippen LogP) is 23.4. The summed E-state index contributed by atoms with van der Waals surface area (Å²) in [7, 11) is 0. The zero-order valence-corrected chi connectivity index (χ0v) is 59.6. The maximum Gasteiger partial charge on any atom is 0.247 e. The maximum atomic E-state index is 9.71. The number of anilines is 3. The van der Waals surface area contributed by atoms with Crippen molar-refractivity contribution in [3.05, 3.63) is 305 Å². The first-order valence-electron chi connectivity index (χ1n) is 37.1. The highest BCUT2D eigenvalue weighted by atomic mass is 32.2. The molecular weight excluding hydrogens is 1190 g/mol. The fraction of sp³-hybridized carbons (Fsp3) is 0.226. The van der Waals surface area contributed by atoms with E-state index in [1.807, 2.05) is 17.8 Å². The maximum absolute atomic E-state index is 9.71. The highest BCUT2D eigenvalue weighted by molar-refractivity contribution is 7.99. The number of benzene rings is 12. The van der Waals surface area contributed by atoms with Gasteiger partial charge in [0.25, 0.3) is 0 Å². The second-order valence-electron chi connectivity index (χ2n) is 32.6. The Morgan fingerprint density at radius 2 is 0.835 bits per heavy atom. The number of rotatable bonds is 6. The lowest BCUT2D eigenvalue weighted by atomic mass is 9.29. The van der Waals surface area contributed by atoms with Crippen LogP contribution in [0.5, 0.6) is 0 Å². The van der Waals surface area contributed by atoms with Crippen LogP contribution in [0.1, 0.15) is 161 Å². The summed E-state index contributed by atoms with van der Waals surface area (Å²) < 4.78 is 49.2. The summed E-state index contributed by atoms with van der Waals surface area (Å²) >= 11 is 1.85. The van der Waals surface area contributed by atoms with E-state index in [0.717, 1.165) is 72.6 Å². The third kappa shape index (κ3) is 10.2. The molecule has 16 rings (SSSR count). The molecule has 0 radical (unpaired) electrons. The molecule has 4 heterocycles. The van der Waals surface area contributed by atoms with Gasteiger partial charge in [-0.05, 0) is 188 Å². The molecular formula is C93H87BN2S. The summed E-state index contributed by atoms with van der Waals surface area (Å²) in [6.45, 7) is 34.2. The summed E-state index contributed by atoms with van der Waals surface area (Å²) in [5.74, 6) is 0. The van der Waals surface area contributed by atoms with E-state index in [1.165, 1.54) is 81.6 Å². The second kappa shape index (κ2) is 22.4. The van der Waals surface area contributed by atoms with Crippen LogP contribution in [0.2, 0.25) is 0 Å². The number of nitrogens with zero attached hydrogens (tertiary/aromatic N) is 2. The third-order valence-corrected chi connectivity index (χ3v) is 22.3. The third-order valence-electron chi connectivity index (χ3n) is 21.1. The average Bonchev–Trinajstić information content (AvgIpc) is 0.690. The first-order chi connectivity index (χ1) is 48.3. The van der Waals surface area contributed by atoms with Gasteiger partial charge in [0.2, 0.25) is 6.71 Å². The molecule has 0 atom stereocenters. The topological polar surface area (TPSA) is 8.17 Å². The van der Waals surface area contributed by atoms with Crippen molar-refractivity contribution in [3.8, 4) is 50.2 Å². The largest absolute Gasteiger partial charge is 0.310 e. The lowest BCUT2D eigenvalue weighted by Crippen LogP contribution is -2.65. The summed E-state index contributed by atoms with van der Waals surface area (Å²) in [6, 6.07) is 83.6. The van der Waals surface area contributed by atoms with Gasteiger partial charge in [0, 0.05) is 48.8 Å². The van der Waals surface area contributed by atoms with E-state index >= 15 is 0 Å². The average molecular weight is 1280 g/mol. The van der Waals surface area contributed by atoms with Crippen LogP contribution >= 0.6 is 11.8 Å². The van der Waals surface area contributed by atoms with E-state index in [9.17, 15) is 5.48 Å². The standard InChI is InChI=1S/C93H87BN2S/c1-88(2,3)64-41-45-80-72(52-64)73-53-65(89(4,5)6)42-46-81(73)95(80)69-56-77-86-83(57-69)96(87-70(59-31-21-17-22-32-59)54-68(92(13,14)15)55-71(87)60-33-23-18-24-34-60)82-50-62(58-29-19-16-20-30-58)40-44-78(82)94(86)79-49-61(63-47-66(90(7,8)9)51-67(48-63)91(10,11)12)39-43-74(79)93(77)75-35-25-27-37-84(75)97-85-38-28-26-36-76(85)93/h16-57H,1-15H3/i16D,19D,20D,29D,30D. The van der Waals surface area contributed by atoms with Crippen LogP contribution in [0.15, 0.2) is 264 Å². The first-order valence-corrected chi connectivity index (χ1v) is 35.4. The zero-order valence-electron chi connectivity index (χ0n) is 63.7. The van der Waals surface area contributed by atoms with Crippen molar-refractivity contribution in [2.75, 3.05) is 4.90 Å². The van der Waals surface area contributed by atoms with Gasteiger partial charge in [-0.1, -0.05) is 309 Å². The van der Waals surface area contributed by atoms with Crippen molar-refractivity contribution >= 4 is 73.7 Å². The molecule has 97 heavy (non-hydrogen) atoms. The monoisotopic (exact) mass is 1280 g/mol. The minimum atomic E-state index is -0.915. The Balaban J connectivity index is 1.16. The first kappa shape index (κ1) is 56.8. The second-order valence-corrected chi connectivity index (χ2v) is 33.7. The molecule has 13 aromatic rings. The summed E-state index contributed by atoms with van der Waals surface area (Å²) in [4.78, 5) is 4.95. The molecule has 0 saturated carbocycles. The van der Waals surface area contributed by atoms with Gasteiger partial charge in [-0.2, -0.15) is 0 Å². The molecule has 0 fully saturated rings. The van der Waals surface area contributed by atoms with Crippen LogP contribution in [0, 0.1) is 0 Å². The normalized spacial score (nSPS) is 14.9. The van der Waals surface area contributed by atoms with Gasteiger partial charge in [0.05, 0.1) is 29.0 Å². The van der Waals surface area contributed by atoms with Crippen LogP contribution in [0.3, 0.4) is 0 Å². The van der Waals surface area contributed by atoms with Gasteiger partial charge in [-0.3, -0.25) is 0 Å². The van der Waals surface area contributed by atoms with Crippen LogP contribution in [0.4, 0.5) is 17.1 Å². The van der Waals surface area contributed by atoms with Gasteiger partial charge in [0.1, 0.15) is 0 Å². The molecule has 0 saturated heterocycles. The lowest BCUT2D eigenvalue weighted by Gasteiger charge is -2.51. The molecule has 0 N–H and O–H groups in total. The molecule has 0 aliphatic carbocycles. The molecule has 1 spiro atoms. The molecule has 3 aliphatic heterocycles. The highest BCUT2D eigenvalue weighted by Crippen LogP contribution is 2.59. The minimum Gasteiger partial charge on any atom is -0.310 e. The van der Waals surface area contributed by atoms with Crippen molar-refractivity contribution in [1.29, 1.82) is 0 Å². The van der Waals surface area contributed by atoms with Crippen molar-refractivity contribution in [3.63, 3.8) is 0 Å². The molecule has 2 nitrogen and oxygen atoms in total. The Morgan fingerprint density at radius 3 is 1.36 bits per heavy atom. The Labute approximate surface area is 587 Å². The van der Waals surface area contributed by atoms with Crippen molar-refractivity contribution in [1.82, 2.24) is 4.57 Å². The van der Waals surface area contributed by atoms with Crippen LogP contribution in [-0.4, -0.2) is 11.3 Å². The van der Waals surface area contributed by atoms with Gasteiger partial charge >= 0.3 is 0 Å². The Hall–Kier alpha value is -9.35. The lowest BCUT2D eigenvalue weighted by molar-refractivity contribution is 0.569.